The molecule has 0 spiro atoms. The number of ketones is 1. The average molecular weight is 504 g/mol. The minimum absolute atomic E-state index is 0.00288. The summed E-state index contributed by atoms with van der Waals surface area (Å²) in [5.74, 6) is -1.35. The van der Waals surface area contributed by atoms with Crippen molar-refractivity contribution >= 4 is 27.8 Å². The molecular weight excluding hydrogens is 465 g/mol. The molecule has 0 aliphatic carbocycles. The predicted octanol–water partition coefficient (Wildman–Crippen LogP) is 5.23. The first-order valence-corrected chi connectivity index (χ1v) is 13.8. The predicted molar refractivity (Wildman–Crippen MR) is 145 cm³/mol. The van der Waals surface area contributed by atoms with E-state index in [9.17, 15) is 18.3 Å². The van der Waals surface area contributed by atoms with Crippen LogP contribution in [0.1, 0.15) is 37.5 Å². The molecule has 0 aromatic heterocycles. The Morgan fingerprint density at radius 2 is 1.89 bits per heavy atom. The van der Waals surface area contributed by atoms with Crippen LogP contribution in [0.25, 0.3) is 0 Å². The fourth-order valence-corrected chi connectivity index (χ4v) is 5.81. The van der Waals surface area contributed by atoms with Crippen LogP contribution >= 0.6 is 10.6 Å². The SMILES string of the molecule is CN(C)CCNc1ccc(C[C@@H]2CS(O)(O)CC(=NCc3cccc(C(C)(C)C)c3)C2=O)cc1F. The number of hydrogen-bond donors (Lipinski definition) is 3. The first-order valence-electron chi connectivity index (χ1n) is 11.9. The van der Waals surface area contributed by atoms with E-state index in [2.05, 4.69) is 43.2 Å². The summed E-state index contributed by atoms with van der Waals surface area (Å²) in [5.41, 5.74) is 3.41. The van der Waals surface area contributed by atoms with Crippen molar-refractivity contribution in [2.75, 3.05) is 44.0 Å². The van der Waals surface area contributed by atoms with E-state index in [0.29, 0.717) is 24.3 Å². The molecule has 2 aromatic carbocycles. The summed E-state index contributed by atoms with van der Waals surface area (Å²) < 4.78 is 35.6. The number of carbonyl (C=O) groups excluding carboxylic acids is 1. The van der Waals surface area contributed by atoms with E-state index in [0.717, 1.165) is 12.1 Å². The van der Waals surface area contributed by atoms with Crippen molar-refractivity contribution in [1.29, 1.82) is 0 Å². The molecule has 1 saturated heterocycles. The molecule has 1 aliphatic heterocycles. The van der Waals surface area contributed by atoms with Crippen molar-refractivity contribution in [2.45, 2.75) is 39.2 Å². The van der Waals surface area contributed by atoms with E-state index in [1.165, 1.54) is 11.6 Å². The Morgan fingerprint density at radius 3 is 2.54 bits per heavy atom. The van der Waals surface area contributed by atoms with Crippen LogP contribution in [0, 0.1) is 11.7 Å². The maximum absolute atomic E-state index is 14.6. The number of hydrogen-bond acceptors (Lipinski definition) is 6. The third kappa shape index (κ3) is 7.87. The summed E-state index contributed by atoms with van der Waals surface area (Å²) >= 11 is 0. The van der Waals surface area contributed by atoms with Gasteiger partial charge in [-0.15, -0.1) is 0 Å². The third-order valence-corrected chi connectivity index (χ3v) is 7.80. The fraction of sp³-hybridized carbons (Fsp3) is 0.481. The van der Waals surface area contributed by atoms with Crippen molar-refractivity contribution in [3.63, 3.8) is 0 Å². The summed E-state index contributed by atoms with van der Waals surface area (Å²) in [7, 11) is 0.932. The maximum atomic E-state index is 14.6. The lowest BCUT2D eigenvalue weighted by Gasteiger charge is -2.39. The molecule has 35 heavy (non-hydrogen) atoms. The van der Waals surface area contributed by atoms with Crippen LogP contribution in [0.3, 0.4) is 0 Å². The van der Waals surface area contributed by atoms with Crippen molar-refractivity contribution in [1.82, 2.24) is 4.90 Å². The lowest BCUT2D eigenvalue weighted by molar-refractivity contribution is -0.116. The molecule has 0 unspecified atom stereocenters. The quantitative estimate of drug-likeness (QED) is 0.459. The molecule has 0 bridgehead atoms. The molecule has 3 N–H and O–H groups in total. The van der Waals surface area contributed by atoms with E-state index in [4.69, 9.17) is 0 Å². The number of likely N-dealkylation sites (N-methyl/N-ethyl adjacent to an activating group) is 1. The topological polar surface area (TPSA) is 85.2 Å². The number of nitrogens with zero attached hydrogens (tertiary/aromatic N) is 2. The smallest absolute Gasteiger partial charge is 0.183 e. The fourth-order valence-electron chi connectivity index (χ4n) is 4.11. The van der Waals surface area contributed by atoms with E-state index in [1.807, 2.05) is 31.1 Å². The molecule has 3 rings (SSSR count). The van der Waals surface area contributed by atoms with Crippen molar-refractivity contribution in [2.24, 2.45) is 10.9 Å². The molecule has 2 aromatic rings. The van der Waals surface area contributed by atoms with Crippen LogP contribution < -0.4 is 5.32 Å². The van der Waals surface area contributed by atoms with Crippen LogP contribution in [0.4, 0.5) is 10.1 Å². The molecular formula is C27H38FN3O3S. The zero-order chi connectivity index (χ0) is 25.8. The summed E-state index contributed by atoms with van der Waals surface area (Å²) in [6, 6.07) is 12.9. The highest BCUT2D eigenvalue weighted by Gasteiger charge is 2.36. The number of aliphatic imine (C=N–C) groups is 1. The van der Waals surface area contributed by atoms with Gasteiger partial charge >= 0.3 is 0 Å². The minimum atomic E-state index is -2.97. The Balaban J connectivity index is 1.72. The van der Waals surface area contributed by atoms with Crippen LogP contribution in [0.2, 0.25) is 0 Å². The lowest BCUT2D eigenvalue weighted by atomic mass is 9.86. The Hall–Kier alpha value is -2.26. The van der Waals surface area contributed by atoms with Gasteiger partial charge in [-0.25, -0.2) is 4.39 Å². The highest BCUT2D eigenvalue weighted by molar-refractivity contribution is 8.25. The van der Waals surface area contributed by atoms with Gasteiger partial charge in [0.15, 0.2) is 5.78 Å². The highest BCUT2D eigenvalue weighted by Crippen LogP contribution is 2.45. The van der Waals surface area contributed by atoms with E-state index in [1.54, 1.807) is 12.1 Å². The zero-order valence-electron chi connectivity index (χ0n) is 21.3. The molecule has 1 atom stereocenters. The number of benzene rings is 2. The van der Waals surface area contributed by atoms with Gasteiger partial charge in [-0.3, -0.25) is 18.9 Å². The van der Waals surface area contributed by atoms with E-state index >= 15 is 0 Å². The normalized spacial score (nSPS) is 20.3. The Labute approximate surface area is 210 Å². The monoisotopic (exact) mass is 503 g/mol. The van der Waals surface area contributed by atoms with Gasteiger partial charge < -0.3 is 10.2 Å². The standard InChI is InChI=1S/C27H38FN3O3S/c1-27(2,3)22-8-6-7-20(14-22)16-30-25-18-35(33,34)17-21(26(25)32)13-19-9-10-24(23(28)15-19)29-11-12-31(4)5/h6-10,14-15,21,29,33-34H,11-13,16-18H2,1-5H3/t21-/m1/s1. The zero-order valence-corrected chi connectivity index (χ0v) is 22.2. The summed E-state index contributed by atoms with van der Waals surface area (Å²) in [6.07, 6.45) is 0.238. The minimum Gasteiger partial charge on any atom is -0.381 e. The molecule has 1 fully saturated rings. The van der Waals surface area contributed by atoms with Gasteiger partial charge in [-0.2, -0.15) is 10.6 Å². The lowest BCUT2D eigenvalue weighted by Crippen LogP contribution is -2.40. The number of carbonyl (C=O) groups is 1. The van der Waals surface area contributed by atoms with Gasteiger partial charge in [-0.05, 0) is 54.8 Å². The second kappa shape index (κ2) is 11.2. The molecule has 1 heterocycles. The Morgan fingerprint density at radius 1 is 1.14 bits per heavy atom. The van der Waals surface area contributed by atoms with E-state index in [-0.39, 0.29) is 40.7 Å². The molecule has 192 valence electrons. The highest BCUT2D eigenvalue weighted by atomic mass is 32.3. The van der Waals surface area contributed by atoms with Crippen molar-refractivity contribution in [3.8, 4) is 0 Å². The average Bonchev–Trinajstić information content (AvgIpc) is 2.75. The van der Waals surface area contributed by atoms with E-state index < -0.39 is 16.5 Å². The number of anilines is 1. The largest absolute Gasteiger partial charge is 0.381 e. The molecule has 1 aliphatic rings. The second-order valence-electron chi connectivity index (χ2n) is 10.6. The Kier molecular flexibility index (Phi) is 8.75. The van der Waals surface area contributed by atoms with Gasteiger partial charge in [-0.1, -0.05) is 51.1 Å². The maximum Gasteiger partial charge on any atom is 0.183 e. The molecule has 0 radical (unpaired) electrons. The summed E-state index contributed by atoms with van der Waals surface area (Å²) in [5, 5.41) is 3.07. The molecule has 0 saturated carbocycles. The van der Waals surface area contributed by atoms with Crippen LogP contribution in [0.15, 0.2) is 47.5 Å². The van der Waals surface area contributed by atoms with Crippen molar-refractivity contribution in [3.05, 3.63) is 65.0 Å². The van der Waals surface area contributed by atoms with Gasteiger partial charge in [0, 0.05) is 24.8 Å². The van der Waals surface area contributed by atoms with Crippen LogP contribution in [-0.2, 0) is 23.2 Å². The van der Waals surface area contributed by atoms with Crippen LogP contribution in [0.5, 0.6) is 0 Å². The van der Waals surface area contributed by atoms with Gasteiger partial charge in [0.1, 0.15) is 5.82 Å². The Bertz CT molecular complexity index is 1080. The number of rotatable bonds is 8. The van der Waals surface area contributed by atoms with Crippen LogP contribution in [-0.4, -0.2) is 64.2 Å². The van der Waals surface area contributed by atoms with Gasteiger partial charge in [0.05, 0.1) is 23.7 Å². The number of Topliss-reactive ketones (excluding diaryl/α,β-unsaturated/α-hetero) is 1. The first-order chi connectivity index (χ1) is 16.3. The third-order valence-electron chi connectivity index (χ3n) is 6.13. The number of halogens is 1. The molecule has 8 heteroatoms. The first kappa shape index (κ1) is 27.3. The van der Waals surface area contributed by atoms with Crippen molar-refractivity contribution < 1.29 is 18.3 Å². The summed E-state index contributed by atoms with van der Waals surface area (Å²) in [6.45, 7) is 8.10. The molecule has 6 nitrogen and oxygen atoms in total. The molecule has 0 amide bonds. The van der Waals surface area contributed by atoms with Gasteiger partial charge in [0.2, 0.25) is 0 Å². The summed E-state index contributed by atoms with van der Waals surface area (Å²) in [4.78, 5) is 19.7. The van der Waals surface area contributed by atoms with Gasteiger partial charge in [0.25, 0.3) is 0 Å². The number of nitrogens with one attached hydrogen (secondary N) is 1. The second-order valence-corrected chi connectivity index (χ2v) is 12.9.